The lowest BCUT2D eigenvalue weighted by molar-refractivity contribution is -0.137. The highest BCUT2D eigenvalue weighted by Gasteiger charge is 2.17. The molecule has 102 valence electrons. The monoisotopic (exact) mass is 259 g/mol. The molecule has 1 aromatic carbocycles. The zero-order valence-electron chi connectivity index (χ0n) is 11.4. The van der Waals surface area contributed by atoms with E-state index in [1.54, 1.807) is 6.92 Å². The molecule has 0 spiro atoms. The van der Waals surface area contributed by atoms with Crippen LogP contribution in [0.25, 0.3) is 6.08 Å². The first-order valence-electron chi connectivity index (χ1n) is 6.89. The van der Waals surface area contributed by atoms with Gasteiger partial charge in [0, 0.05) is 6.08 Å². The lowest BCUT2D eigenvalue weighted by Crippen LogP contribution is -2.22. The third kappa shape index (κ3) is 3.67. The molecular weight excluding hydrogens is 238 g/mol. The molecule has 0 heterocycles. The number of esters is 1. The first-order chi connectivity index (χ1) is 9.22. The molecule has 0 saturated carbocycles. The normalized spacial score (nSPS) is 18.3. The van der Waals surface area contributed by atoms with Crippen molar-refractivity contribution in [2.45, 2.75) is 26.2 Å². The van der Waals surface area contributed by atoms with Crippen LogP contribution in [0, 0.1) is 5.92 Å². The van der Waals surface area contributed by atoms with E-state index in [0.29, 0.717) is 12.5 Å². The van der Waals surface area contributed by atoms with Gasteiger partial charge in [0.05, 0.1) is 6.61 Å². The standard InChI is InChI=1S/C16H21NO2/c1-2-19-16(18)8-5-12-3-6-14-7-4-13(11-17)10-15(14)9-12/h3,5-6,8-9,13H,2,4,7,10-11,17H2,1H3. The number of hydrogen-bond acceptors (Lipinski definition) is 3. The third-order valence-corrected chi connectivity index (χ3v) is 3.59. The van der Waals surface area contributed by atoms with Crippen molar-refractivity contribution in [1.82, 2.24) is 0 Å². The summed E-state index contributed by atoms with van der Waals surface area (Å²) in [5.74, 6) is 0.303. The van der Waals surface area contributed by atoms with Crippen molar-refractivity contribution in [3.63, 3.8) is 0 Å². The summed E-state index contributed by atoms with van der Waals surface area (Å²) in [4.78, 5) is 11.3. The van der Waals surface area contributed by atoms with E-state index in [-0.39, 0.29) is 5.97 Å². The van der Waals surface area contributed by atoms with E-state index < -0.39 is 0 Å². The predicted molar refractivity (Wildman–Crippen MR) is 76.7 cm³/mol. The topological polar surface area (TPSA) is 52.3 Å². The third-order valence-electron chi connectivity index (χ3n) is 3.59. The molecule has 19 heavy (non-hydrogen) atoms. The molecule has 1 aliphatic rings. The minimum absolute atomic E-state index is 0.292. The molecular formula is C16H21NO2. The summed E-state index contributed by atoms with van der Waals surface area (Å²) in [5, 5.41) is 0. The number of rotatable bonds is 4. The van der Waals surface area contributed by atoms with Crippen molar-refractivity contribution < 1.29 is 9.53 Å². The van der Waals surface area contributed by atoms with Crippen molar-refractivity contribution in [2.24, 2.45) is 11.7 Å². The van der Waals surface area contributed by atoms with Gasteiger partial charge in [-0.3, -0.25) is 0 Å². The molecule has 0 aromatic heterocycles. The SMILES string of the molecule is CCOC(=O)C=Cc1ccc2c(c1)CC(CN)CC2. The van der Waals surface area contributed by atoms with Crippen LogP contribution in [0.5, 0.6) is 0 Å². The van der Waals surface area contributed by atoms with E-state index in [1.165, 1.54) is 23.6 Å². The molecule has 0 amide bonds. The lowest BCUT2D eigenvalue weighted by atomic mass is 9.83. The quantitative estimate of drug-likeness (QED) is 0.667. The van der Waals surface area contributed by atoms with Crippen LogP contribution in [0.4, 0.5) is 0 Å². The highest BCUT2D eigenvalue weighted by Crippen LogP contribution is 2.26. The van der Waals surface area contributed by atoms with E-state index in [2.05, 4.69) is 18.2 Å². The summed E-state index contributed by atoms with van der Waals surface area (Å²) in [6, 6.07) is 6.37. The molecule has 1 aromatic rings. The van der Waals surface area contributed by atoms with E-state index in [4.69, 9.17) is 10.5 Å². The van der Waals surface area contributed by atoms with Gasteiger partial charge in [0.15, 0.2) is 0 Å². The van der Waals surface area contributed by atoms with Crippen molar-refractivity contribution in [3.8, 4) is 0 Å². The van der Waals surface area contributed by atoms with Crippen molar-refractivity contribution >= 4 is 12.0 Å². The van der Waals surface area contributed by atoms with E-state index in [0.717, 1.165) is 24.9 Å². The lowest BCUT2D eigenvalue weighted by Gasteiger charge is -2.23. The molecule has 0 fully saturated rings. The first-order valence-corrected chi connectivity index (χ1v) is 6.89. The number of nitrogens with two attached hydrogens (primary N) is 1. The molecule has 3 nitrogen and oxygen atoms in total. The molecule has 1 atom stereocenters. The summed E-state index contributed by atoms with van der Waals surface area (Å²) in [7, 11) is 0. The zero-order chi connectivity index (χ0) is 13.7. The van der Waals surface area contributed by atoms with Crippen LogP contribution in [0.15, 0.2) is 24.3 Å². The summed E-state index contributed by atoms with van der Waals surface area (Å²) < 4.78 is 4.87. The molecule has 0 saturated heterocycles. The van der Waals surface area contributed by atoms with Crippen LogP contribution < -0.4 is 5.73 Å². The average molecular weight is 259 g/mol. The van der Waals surface area contributed by atoms with Gasteiger partial charge in [0.25, 0.3) is 0 Å². The fourth-order valence-corrected chi connectivity index (χ4v) is 2.51. The maximum atomic E-state index is 11.3. The van der Waals surface area contributed by atoms with Gasteiger partial charge in [-0.1, -0.05) is 18.2 Å². The smallest absolute Gasteiger partial charge is 0.330 e. The number of ether oxygens (including phenoxy) is 1. The molecule has 0 bridgehead atoms. The minimum atomic E-state index is -0.292. The van der Waals surface area contributed by atoms with Crippen LogP contribution in [-0.2, 0) is 22.4 Å². The van der Waals surface area contributed by atoms with Gasteiger partial charge < -0.3 is 10.5 Å². The Morgan fingerprint density at radius 1 is 1.47 bits per heavy atom. The van der Waals surface area contributed by atoms with E-state index in [1.807, 2.05) is 6.08 Å². The van der Waals surface area contributed by atoms with Gasteiger partial charge in [0.2, 0.25) is 0 Å². The molecule has 1 aliphatic carbocycles. The van der Waals surface area contributed by atoms with Crippen LogP contribution in [0.2, 0.25) is 0 Å². The minimum Gasteiger partial charge on any atom is -0.463 e. The van der Waals surface area contributed by atoms with Gasteiger partial charge in [-0.05, 0) is 61.4 Å². The second-order valence-corrected chi connectivity index (χ2v) is 4.96. The number of hydrogen-bond donors (Lipinski definition) is 1. The number of carbonyl (C=O) groups is 1. The van der Waals surface area contributed by atoms with Gasteiger partial charge >= 0.3 is 5.97 Å². The number of benzene rings is 1. The highest BCUT2D eigenvalue weighted by atomic mass is 16.5. The Bertz CT molecular complexity index is 480. The Morgan fingerprint density at radius 2 is 2.32 bits per heavy atom. The Kier molecular flexibility index (Phi) is 4.74. The summed E-state index contributed by atoms with van der Waals surface area (Å²) in [6.45, 7) is 2.96. The van der Waals surface area contributed by atoms with Gasteiger partial charge in [0.1, 0.15) is 0 Å². The number of aryl methyl sites for hydroxylation is 1. The average Bonchev–Trinajstić information content (AvgIpc) is 2.44. The zero-order valence-corrected chi connectivity index (χ0v) is 11.4. The largest absolute Gasteiger partial charge is 0.463 e. The predicted octanol–water partition coefficient (Wildman–Crippen LogP) is 2.33. The number of fused-ring (bicyclic) bond motifs is 1. The van der Waals surface area contributed by atoms with Crippen molar-refractivity contribution in [1.29, 1.82) is 0 Å². The molecule has 2 rings (SSSR count). The fourth-order valence-electron chi connectivity index (χ4n) is 2.51. The molecule has 1 unspecified atom stereocenters. The highest BCUT2D eigenvalue weighted by molar-refractivity contribution is 5.87. The second-order valence-electron chi connectivity index (χ2n) is 4.96. The van der Waals surface area contributed by atoms with Crippen LogP contribution in [0.3, 0.4) is 0 Å². The Morgan fingerprint density at radius 3 is 3.05 bits per heavy atom. The Balaban J connectivity index is 2.10. The van der Waals surface area contributed by atoms with Crippen LogP contribution in [-0.4, -0.2) is 19.1 Å². The van der Waals surface area contributed by atoms with Crippen LogP contribution >= 0.6 is 0 Å². The number of carbonyl (C=O) groups excluding carboxylic acids is 1. The van der Waals surface area contributed by atoms with Gasteiger partial charge in [-0.2, -0.15) is 0 Å². The molecule has 3 heteroatoms. The second kappa shape index (κ2) is 6.53. The first kappa shape index (κ1) is 13.8. The summed E-state index contributed by atoms with van der Waals surface area (Å²) in [5.41, 5.74) is 9.58. The maximum Gasteiger partial charge on any atom is 0.330 e. The Hall–Kier alpha value is -1.61. The van der Waals surface area contributed by atoms with E-state index >= 15 is 0 Å². The summed E-state index contributed by atoms with van der Waals surface area (Å²) >= 11 is 0. The fraction of sp³-hybridized carbons (Fsp3) is 0.438. The summed E-state index contributed by atoms with van der Waals surface area (Å²) in [6.07, 6.45) is 6.63. The van der Waals surface area contributed by atoms with Crippen molar-refractivity contribution in [3.05, 3.63) is 41.0 Å². The molecule has 0 aliphatic heterocycles. The van der Waals surface area contributed by atoms with Gasteiger partial charge in [-0.15, -0.1) is 0 Å². The van der Waals surface area contributed by atoms with Gasteiger partial charge in [-0.25, -0.2) is 4.79 Å². The van der Waals surface area contributed by atoms with E-state index in [9.17, 15) is 4.79 Å². The Labute approximate surface area is 114 Å². The molecule has 2 N–H and O–H groups in total. The van der Waals surface area contributed by atoms with Crippen LogP contribution in [0.1, 0.15) is 30.0 Å². The molecule has 0 radical (unpaired) electrons. The maximum absolute atomic E-state index is 11.3. The van der Waals surface area contributed by atoms with Crippen molar-refractivity contribution in [2.75, 3.05) is 13.2 Å².